The third kappa shape index (κ3) is 4.69. The van der Waals surface area contributed by atoms with Gasteiger partial charge in [0.15, 0.2) is 0 Å². The first-order chi connectivity index (χ1) is 9.96. The van der Waals surface area contributed by atoms with Gasteiger partial charge in [-0.2, -0.15) is 0 Å². The number of rotatable bonds is 5. The molecule has 0 radical (unpaired) electrons. The van der Waals surface area contributed by atoms with Crippen LogP contribution in [0, 0.1) is 0 Å². The molecule has 0 aliphatic heterocycles. The molecule has 2 rings (SSSR count). The topological polar surface area (TPSA) is 72.2 Å². The van der Waals surface area contributed by atoms with Crippen molar-refractivity contribution in [3.05, 3.63) is 29.3 Å². The Morgan fingerprint density at radius 1 is 1.09 bits per heavy atom. The first-order valence-electron chi connectivity index (χ1n) is 7.86. The van der Waals surface area contributed by atoms with E-state index in [0.29, 0.717) is 4.90 Å². The van der Waals surface area contributed by atoms with Crippen LogP contribution >= 0.6 is 12.4 Å². The highest BCUT2D eigenvalue weighted by Crippen LogP contribution is 2.21. The molecular formula is C16H27ClN2O2S. The molecule has 126 valence electrons. The fourth-order valence-corrected chi connectivity index (χ4v) is 4.32. The monoisotopic (exact) mass is 346 g/mol. The van der Waals surface area contributed by atoms with Crippen molar-refractivity contribution < 1.29 is 8.42 Å². The third-order valence-electron chi connectivity index (χ3n) is 4.34. The van der Waals surface area contributed by atoms with Gasteiger partial charge in [0.05, 0.1) is 4.90 Å². The average molecular weight is 347 g/mol. The zero-order valence-corrected chi connectivity index (χ0v) is 15.0. The highest BCUT2D eigenvalue weighted by Gasteiger charge is 2.24. The van der Waals surface area contributed by atoms with E-state index in [-0.39, 0.29) is 24.5 Å². The molecule has 0 bridgehead atoms. The van der Waals surface area contributed by atoms with Crippen molar-refractivity contribution in [3.8, 4) is 0 Å². The van der Waals surface area contributed by atoms with E-state index < -0.39 is 10.0 Å². The summed E-state index contributed by atoms with van der Waals surface area (Å²) in [5, 5.41) is 0. The zero-order chi connectivity index (χ0) is 15.5. The van der Waals surface area contributed by atoms with Gasteiger partial charge < -0.3 is 5.73 Å². The van der Waals surface area contributed by atoms with Crippen LogP contribution in [0.15, 0.2) is 23.1 Å². The van der Waals surface area contributed by atoms with E-state index in [1.165, 1.54) is 5.56 Å². The lowest BCUT2D eigenvalue weighted by Crippen LogP contribution is -2.40. The van der Waals surface area contributed by atoms with Crippen LogP contribution in [0.3, 0.4) is 0 Å². The molecule has 1 saturated carbocycles. The van der Waals surface area contributed by atoms with Gasteiger partial charge in [0.2, 0.25) is 10.0 Å². The van der Waals surface area contributed by atoms with Crippen molar-refractivity contribution in [1.29, 1.82) is 0 Å². The first-order valence-corrected chi connectivity index (χ1v) is 9.34. The van der Waals surface area contributed by atoms with Gasteiger partial charge in [-0.15, -0.1) is 12.4 Å². The summed E-state index contributed by atoms with van der Waals surface area (Å²) < 4.78 is 27.9. The molecule has 1 aliphatic carbocycles. The molecule has 0 unspecified atom stereocenters. The molecule has 1 aliphatic rings. The van der Waals surface area contributed by atoms with Crippen LogP contribution in [-0.4, -0.2) is 20.5 Å². The summed E-state index contributed by atoms with van der Waals surface area (Å²) in [4.78, 5) is 0.381. The van der Waals surface area contributed by atoms with Crippen LogP contribution in [0.1, 0.15) is 50.7 Å². The highest BCUT2D eigenvalue weighted by molar-refractivity contribution is 7.89. The summed E-state index contributed by atoms with van der Waals surface area (Å²) >= 11 is 0. The molecular weight excluding hydrogens is 320 g/mol. The van der Waals surface area contributed by atoms with E-state index in [1.807, 2.05) is 12.1 Å². The SMILES string of the molecule is CCc1ccc(S(=O)(=O)NC2CCC(N)CC2)cc1CC.Cl. The van der Waals surface area contributed by atoms with Gasteiger partial charge in [-0.1, -0.05) is 19.9 Å². The van der Waals surface area contributed by atoms with Crippen LogP contribution in [0.25, 0.3) is 0 Å². The molecule has 22 heavy (non-hydrogen) atoms. The molecule has 0 saturated heterocycles. The van der Waals surface area contributed by atoms with Gasteiger partial charge in [0.25, 0.3) is 0 Å². The minimum atomic E-state index is -3.43. The van der Waals surface area contributed by atoms with Gasteiger partial charge in [0, 0.05) is 12.1 Å². The predicted molar refractivity (Wildman–Crippen MR) is 93.0 cm³/mol. The molecule has 0 amide bonds. The van der Waals surface area contributed by atoms with E-state index in [0.717, 1.165) is 44.1 Å². The van der Waals surface area contributed by atoms with Gasteiger partial charge in [-0.25, -0.2) is 13.1 Å². The van der Waals surface area contributed by atoms with E-state index >= 15 is 0 Å². The Hall–Kier alpha value is -0.620. The quantitative estimate of drug-likeness (QED) is 0.861. The Balaban J connectivity index is 0.00000242. The molecule has 4 nitrogen and oxygen atoms in total. The second-order valence-corrected chi connectivity index (χ2v) is 7.58. The summed E-state index contributed by atoms with van der Waals surface area (Å²) in [5.74, 6) is 0. The number of sulfonamides is 1. The number of nitrogens with one attached hydrogen (secondary N) is 1. The molecule has 0 heterocycles. The van der Waals surface area contributed by atoms with Gasteiger partial charge >= 0.3 is 0 Å². The van der Waals surface area contributed by atoms with Crippen molar-refractivity contribution >= 4 is 22.4 Å². The number of hydrogen-bond acceptors (Lipinski definition) is 3. The van der Waals surface area contributed by atoms with Crippen molar-refractivity contribution in [2.75, 3.05) is 0 Å². The maximum absolute atomic E-state index is 12.5. The minimum absolute atomic E-state index is 0. The van der Waals surface area contributed by atoms with Crippen LogP contribution in [-0.2, 0) is 22.9 Å². The van der Waals surface area contributed by atoms with E-state index in [1.54, 1.807) is 6.07 Å². The molecule has 3 N–H and O–H groups in total. The lowest BCUT2D eigenvalue weighted by molar-refractivity contribution is 0.373. The van der Waals surface area contributed by atoms with E-state index in [2.05, 4.69) is 18.6 Å². The third-order valence-corrected chi connectivity index (χ3v) is 5.86. The Kier molecular flexibility index (Phi) is 7.32. The summed E-state index contributed by atoms with van der Waals surface area (Å²) in [7, 11) is -3.43. The maximum atomic E-state index is 12.5. The van der Waals surface area contributed by atoms with Crippen molar-refractivity contribution in [3.63, 3.8) is 0 Å². The Morgan fingerprint density at radius 3 is 2.23 bits per heavy atom. The van der Waals surface area contributed by atoms with Crippen molar-refractivity contribution in [2.24, 2.45) is 5.73 Å². The fourth-order valence-electron chi connectivity index (χ4n) is 2.97. The molecule has 1 aromatic rings. The molecule has 1 fully saturated rings. The second-order valence-electron chi connectivity index (χ2n) is 5.87. The lowest BCUT2D eigenvalue weighted by Gasteiger charge is -2.26. The summed E-state index contributed by atoms with van der Waals surface area (Å²) in [6.07, 6.45) is 5.22. The normalized spacial score (nSPS) is 22.1. The molecule has 0 aromatic heterocycles. The first kappa shape index (κ1) is 19.4. The van der Waals surface area contributed by atoms with Gasteiger partial charge in [-0.3, -0.25) is 0 Å². The number of aryl methyl sites for hydroxylation is 2. The molecule has 6 heteroatoms. The molecule has 1 aromatic carbocycles. The van der Waals surface area contributed by atoms with Crippen LogP contribution in [0.4, 0.5) is 0 Å². The van der Waals surface area contributed by atoms with Gasteiger partial charge in [0.1, 0.15) is 0 Å². The lowest BCUT2D eigenvalue weighted by atomic mass is 9.93. The average Bonchev–Trinajstić information content (AvgIpc) is 2.48. The number of hydrogen-bond donors (Lipinski definition) is 2. The second kappa shape index (κ2) is 8.29. The minimum Gasteiger partial charge on any atom is -0.328 e. The molecule has 0 spiro atoms. The fraction of sp³-hybridized carbons (Fsp3) is 0.625. The standard InChI is InChI=1S/C16H26N2O2S.ClH/c1-3-12-5-10-16(11-13(12)4-2)21(19,20)18-15-8-6-14(17)7-9-15;/h5,10-11,14-15,18H,3-4,6-9,17H2,1-2H3;1H. The maximum Gasteiger partial charge on any atom is 0.240 e. The number of nitrogens with two attached hydrogens (primary N) is 1. The highest BCUT2D eigenvalue weighted by atomic mass is 35.5. The van der Waals surface area contributed by atoms with E-state index in [9.17, 15) is 8.42 Å². The smallest absolute Gasteiger partial charge is 0.240 e. The van der Waals surface area contributed by atoms with Crippen molar-refractivity contribution in [1.82, 2.24) is 4.72 Å². The van der Waals surface area contributed by atoms with E-state index in [4.69, 9.17) is 5.73 Å². The largest absolute Gasteiger partial charge is 0.328 e. The summed E-state index contributed by atoms with van der Waals surface area (Å²) in [6.45, 7) is 4.15. The number of halogens is 1. The van der Waals surface area contributed by atoms with Crippen molar-refractivity contribution in [2.45, 2.75) is 69.4 Å². The number of benzene rings is 1. The zero-order valence-electron chi connectivity index (χ0n) is 13.3. The van der Waals surface area contributed by atoms with Gasteiger partial charge in [-0.05, 0) is 61.8 Å². The Labute approximate surface area is 140 Å². The van der Waals surface area contributed by atoms with Crippen LogP contribution in [0.2, 0.25) is 0 Å². The van der Waals surface area contributed by atoms with Crippen LogP contribution < -0.4 is 10.5 Å². The molecule has 0 atom stereocenters. The summed E-state index contributed by atoms with van der Waals surface area (Å²) in [5.41, 5.74) is 8.20. The van der Waals surface area contributed by atoms with Crippen LogP contribution in [0.5, 0.6) is 0 Å². The predicted octanol–water partition coefficient (Wildman–Crippen LogP) is 2.78. The Morgan fingerprint density at radius 2 is 1.68 bits per heavy atom. The Bertz CT molecular complexity index is 582. The summed E-state index contributed by atoms with van der Waals surface area (Å²) in [6, 6.07) is 5.71.